The molecule has 0 aliphatic heterocycles. The molecule has 0 aliphatic rings. The van der Waals surface area contributed by atoms with Gasteiger partial charge in [-0.3, -0.25) is 0 Å². The van der Waals surface area contributed by atoms with Gasteiger partial charge in [-0.05, 0) is 24.3 Å². The predicted octanol–water partition coefficient (Wildman–Crippen LogP) is 0.884. The monoisotopic (exact) mass is 248 g/mol. The van der Waals surface area contributed by atoms with E-state index in [2.05, 4.69) is 0 Å². The summed E-state index contributed by atoms with van der Waals surface area (Å²) in [6.07, 6.45) is 1.08. The van der Waals surface area contributed by atoms with Crippen molar-refractivity contribution < 1.29 is 16.8 Å². The van der Waals surface area contributed by atoms with Crippen molar-refractivity contribution in [3.63, 3.8) is 0 Å². The summed E-state index contributed by atoms with van der Waals surface area (Å²) >= 11 is 0. The molecule has 1 aromatic carbocycles. The molecule has 4 nitrogen and oxygen atoms in total. The molecule has 84 valence electrons. The Morgan fingerprint density at radius 1 is 0.933 bits per heavy atom. The summed E-state index contributed by atoms with van der Waals surface area (Å²) in [6.45, 7) is 1.54. The number of hydrogen-bond acceptors (Lipinski definition) is 4. The minimum Gasteiger partial charge on any atom is -0.224 e. The van der Waals surface area contributed by atoms with Crippen LogP contribution in [0.5, 0.6) is 0 Å². The fourth-order valence-electron chi connectivity index (χ4n) is 1.06. The van der Waals surface area contributed by atoms with Crippen molar-refractivity contribution in [2.24, 2.45) is 0 Å². The zero-order valence-electron chi connectivity index (χ0n) is 8.47. The molecule has 0 N–H and O–H groups in total. The van der Waals surface area contributed by atoms with Crippen LogP contribution in [0, 0.1) is 0 Å². The van der Waals surface area contributed by atoms with Gasteiger partial charge in [-0.1, -0.05) is 6.92 Å². The summed E-state index contributed by atoms with van der Waals surface area (Å²) in [5.74, 6) is 0.00518. The topological polar surface area (TPSA) is 68.3 Å². The summed E-state index contributed by atoms with van der Waals surface area (Å²) in [4.78, 5) is 0.273. The Morgan fingerprint density at radius 3 is 1.67 bits per heavy atom. The van der Waals surface area contributed by atoms with Crippen LogP contribution in [-0.2, 0) is 19.7 Å². The Bertz CT molecular complexity index is 538. The Hall–Kier alpha value is -0.880. The zero-order valence-corrected chi connectivity index (χ0v) is 10.1. The van der Waals surface area contributed by atoms with E-state index in [1.54, 1.807) is 6.92 Å². The van der Waals surface area contributed by atoms with Crippen LogP contribution in [-0.4, -0.2) is 28.8 Å². The van der Waals surface area contributed by atoms with Crippen molar-refractivity contribution in [2.45, 2.75) is 16.7 Å². The van der Waals surface area contributed by atoms with Crippen LogP contribution in [0.1, 0.15) is 6.92 Å². The smallest absolute Gasteiger partial charge is 0.178 e. The van der Waals surface area contributed by atoms with Gasteiger partial charge in [0.25, 0.3) is 0 Å². The van der Waals surface area contributed by atoms with Gasteiger partial charge in [0.15, 0.2) is 19.7 Å². The SMILES string of the molecule is CCS(=O)(=O)c1ccc(S(C)(=O)=O)cc1. The number of rotatable bonds is 3. The molecule has 0 amide bonds. The first kappa shape index (κ1) is 12.2. The zero-order chi connectivity index (χ0) is 11.7. The first-order valence-corrected chi connectivity index (χ1v) is 7.84. The Labute approximate surface area is 89.8 Å². The first-order chi connectivity index (χ1) is 6.77. The van der Waals surface area contributed by atoms with E-state index < -0.39 is 19.7 Å². The highest BCUT2D eigenvalue weighted by Gasteiger charge is 2.13. The molecule has 6 heteroatoms. The highest BCUT2D eigenvalue weighted by Crippen LogP contribution is 2.15. The number of sulfone groups is 2. The standard InChI is InChI=1S/C9H12O4S2/c1-3-15(12,13)9-6-4-8(5-7-9)14(2,10)11/h4-7H,3H2,1-2H3. The van der Waals surface area contributed by atoms with E-state index in [0.717, 1.165) is 6.26 Å². The second kappa shape index (κ2) is 3.94. The maximum Gasteiger partial charge on any atom is 0.178 e. The van der Waals surface area contributed by atoms with Crippen molar-refractivity contribution in [1.82, 2.24) is 0 Å². The summed E-state index contributed by atoms with van der Waals surface area (Å²) < 4.78 is 45.1. The van der Waals surface area contributed by atoms with Crippen LogP contribution >= 0.6 is 0 Å². The van der Waals surface area contributed by atoms with E-state index >= 15 is 0 Å². The quantitative estimate of drug-likeness (QED) is 0.796. The van der Waals surface area contributed by atoms with E-state index in [0.29, 0.717) is 0 Å². The molecule has 15 heavy (non-hydrogen) atoms. The molecule has 1 rings (SSSR count). The lowest BCUT2D eigenvalue weighted by atomic mass is 10.4. The minimum atomic E-state index is -3.27. The summed E-state index contributed by atoms with van der Waals surface area (Å²) in [6, 6.07) is 5.24. The van der Waals surface area contributed by atoms with Crippen LogP contribution in [0.15, 0.2) is 34.1 Å². The molecule has 0 radical (unpaired) electrons. The van der Waals surface area contributed by atoms with Crippen molar-refractivity contribution in [3.05, 3.63) is 24.3 Å². The maximum absolute atomic E-state index is 11.4. The molecule has 0 aliphatic carbocycles. The van der Waals surface area contributed by atoms with Crippen molar-refractivity contribution in [1.29, 1.82) is 0 Å². The van der Waals surface area contributed by atoms with Gasteiger partial charge in [-0.2, -0.15) is 0 Å². The first-order valence-electron chi connectivity index (χ1n) is 4.30. The van der Waals surface area contributed by atoms with Crippen LogP contribution < -0.4 is 0 Å². The van der Waals surface area contributed by atoms with Crippen molar-refractivity contribution in [3.8, 4) is 0 Å². The minimum absolute atomic E-state index is 0.00518. The molecule has 0 bridgehead atoms. The van der Waals surface area contributed by atoms with Gasteiger partial charge in [0.1, 0.15) is 0 Å². The number of benzene rings is 1. The predicted molar refractivity (Wildman–Crippen MR) is 57.3 cm³/mol. The van der Waals surface area contributed by atoms with Crippen LogP contribution in [0.2, 0.25) is 0 Å². The Balaban J connectivity index is 3.24. The van der Waals surface area contributed by atoms with Crippen LogP contribution in [0.4, 0.5) is 0 Å². The van der Waals surface area contributed by atoms with E-state index in [4.69, 9.17) is 0 Å². The van der Waals surface area contributed by atoms with Crippen molar-refractivity contribution in [2.75, 3.05) is 12.0 Å². The fourth-order valence-corrected chi connectivity index (χ4v) is 2.58. The molecule has 0 spiro atoms. The highest BCUT2D eigenvalue weighted by atomic mass is 32.2. The summed E-state index contributed by atoms with van der Waals surface area (Å²) in [5, 5.41) is 0. The van der Waals surface area contributed by atoms with E-state index in [1.807, 2.05) is 0 Å². The largest absolute Gasteiger partial charge is 0.224 e. The van der Waals surface area contributed by atoms with Gasteiger partial charge >= 0.3 is 0 Å². The van der Waals surface area contributed by atoms with E-state index in [-0.39, 0.29) is 15.5 Å². The van der Waals surface area contributed by atoms with Gasteiger partial charge in [0.2, 0.25) is 0 Å². The van der Waals surface area contributed by atoms with Gasteiger partial charge < -0.3 is 0 Å². The highest BCUT2D eigenvalue weighted by molar-refractivity contribution is 7.91. The molecule has 0 saturated carbocycles. The molecule has 0 atom stereocenters. The van der Waals surface area contributed by atoms with Crippen LogP contribution in [0.3, 0.4) is 0 Å². The summed E-state index contributed by atoms with van der Waals surface area (Å²) in [7, 11) is -6.52. The normalized spacial score (nSPS) is 12.7. The molecule has 0 heterocycles. The summed E-state index contributed by atoms with van der Waals surface area (Å²) in [5.41, 5.74) is 0. The van der Waals surface area contributed by atoms with Crippen LogP contribution in [0.25, 0.3) is 0 Å². The molecule has 0 aromatic heterocycles. The second-order valence-corrected chi connectivity index (χ2v) is 7.44. The Morgan fingerprint density at radius 2 is 1.33 bits per heavy atom. The van der Waals surface area contributed by atoms with Gasteiger partial charge in [-0.15, -0.1) is 0 Å². The molecule has 0 saturated heterocycles. The maximum atomic E-state index is 11.4. The average molecular weight is 248 g/mol. The molecule has 0 fully saturated rings. The van der Waals surface area contributed by atoms with E-state index in [1.165, 1.54) is 24.3 Å². The third-order valence-corrected chi connectivity index (χ3v) is 4.87. The lowest BCUT2D eigenvalue weighted by Gasteiger charge is -2.02. The third-order valence-electron chi connectivity index (χ3n) is 1.99. The van der Waals surface area contributed by atoms with E-state index in [9.17, 15) is 16.8 Å². The number of hydrogen-bond donors (Lipinski definition) is 0. The van der Waals surface area contributed by atoms with Gasteiger partial charge in [0.05, 0.1) is 15.5 Å². The second-order valence-electron chi connectivity index (χ2n) is 3.15. The van der Waals surface area contributed by atoms with Crippen molar-refractivity contribution >= 4 is 19.7 Å². The lowest BCUT2D eigenvalue weighted by Crippen LogP contribution is -2.04. The molecule has 1 aromatic rings. The lowest BCUT2D eigenvalue weighted by molar-refractivity contribution is 0.595. The fraction of sp³-hybridized carbons (Fsp3) is 0.333. The Kier molecular flexibility index (Phi) is 3.20. The molecular formula is C9H12O4S2. The third kappa shape index (κ3) is 2.79. The molecule has 0 unspecified atom stereocenters. The average Bonchev–Trinajstić information content (AvgIpc) is 2.17. The van der Waals surface area contributed by atoms with Gasteiger partial charge in [0, 0.05) is 6.26 Å². The molecular weight excluding hydrogens is 236 g/mol. The van der Waals surface area contributed by atoms with Gasteiger partial charge in [-0.25, -0.2) is 16.8 Å².